The van der Waals surface area contributed by atoms with Crippen LogP contribution in [0.5, 0.6) is 0 Å². The summed E-state index contributed by atoms with van der Waals surface area (Å²) in [6, 6.07) is 0. The zero-order valence-corrected chi connectivity index (χ0v) is 10.8. The van der Waals surface area contributed by atoms with E-state index in [-0.39, 0.29) is 18.5 Å². The zero-order valence-electron chi connectivity index (χ0n) is 10.8. The SMILES string of the molecule is CCC(=O)OC[C@H](C[C]1[CH][CH][CH][CH]1)OC(=O)CC. The van der Waals surface area contributed by atoms with Crippen molar-refractivity contribution < 1.29 is 19.1 Å². The molecule has 1 fully saturated rings. The summed E-state index contributed by atoms with van der Waals surface area (Å²) in [6.45, 7) is 3.58. The number of esters is 2. The molecule has 0 N–H and O–H groups in total. The van der Waals surface area contributed by atoms with Gasteiger partial charge < -0.3 is 9.47 Å². The molecule has 0 unspecified atom stereocenters. The minimum Gasteiger partial charge on any atom is -0.462 e. The van der Waals surface area contributed by atoms with Gasteiger partial charge in [0.2, 0.25) is 0 Å². The average molecular weight is 251 g/mol. The molecule has 4 heteroatoms. The first-order valence-corrected chi connectivity index (χ1v) is 6.21. The molecular weight excluding hydrogens is 232 g/mol. The van der Waals surface area contributed by atoms with Gasteiger partial charge >= 0.3 is 11.9 Å². The maximum absolute atomic E-state index is 11.3. The predicted molar refractivity (Wildman–Crippen MR) is 66.5 cm³/mol. The van der Waals surface area contributed by atoms with E-state index in [2.05, 4.69) is 0 Å². The zero-order chi connectivity index (χ0) is 13.4. The van der Waals surface area contributed by atoms with Crippen LogP contribution in [0.1, 0.15) is 33.1 Å². The van der Waals surface area contributed by atoms with Crippen molar-refractivity contribution >= 4 is 11.9 Å². The maximum Gasteiger partial charge on any atom is 0.305 e. The van der Waals surface area contributed by atoms with Crippen molar-refractivity contribution in [1.29, 1.82) is 0 Å². The third-order valence-electron chi connectivity index (χ3n) is 2.50. The Kier molecular flexibility index (Phi) is 6.76. The second-order valence-corrected chi connectivity index (χ2v) is 4.00. The topological polar surface area (TPSA) is 52.6 Å². The van der Waals surface area contributed by atoms with Gasteiger partial charge in [-0.15, -0.1) is 0 Å². The van der Waals surface area contributed by atoms with Crippen molar-refractivity contribution in [3.8, 4) is 0 Å². The van der Waals surface area contributed by atoms with Crippen molar-refractivity contribution in [2.24, 2.45) is 0 Å². The molecule has 0 aromatic carbocycles. The van der Waals surface area contributed by atoms with E-state index in [4.69, 9.17) is 9.47 Å². The Morgan fingerprint density at radius 2 is 1.72 bits per heavy atom. The van der Waals surface area contributed by atoms with Gasteiger partial charge in [0, 0.05) is 12.8 Å². The van der Waals surface area contributed by atoms with Crippen LogP contribution in [0.25, 0.3) is 0 Å². The molecule has 18 heavy (non-hydrogen) atoms. The summed E-state index contributed by atoms with van der Waals surface area (Å²) in [5, 5.41) is 0. The highest BCUT2D eigenvalue weighted by Gasteiger charge is 2.24. The molecular formula is C14H19O4. The molecule has 1 atom stereocenters. The van der Waals surface area contributed by atoms with Crippen molar-refractivity contribution in [3.63, 3.8) is 0 Å². The number of hydrogen-bond acceptors (Lipinski definition) is 4. The molecule has 0 aromatic rings. The fourth-order valence-corrected chi connectivity index (χ4v) is 1.50. The van der Waals surface area contributed by atoms with E-state index < -0.39 is 6.10 Å². The number of rotatable bonds is 7. The summed E-state index contributed by atoms with van der Waals surface area (Å²) in [7, 11) is 0. The van der Waals surface area contributed by atoms with Crippen LogP contribution >= 0.6 is 0 Å². The van der Waals surface area contributed by atoms with Crippen LogP contribution in [-0.2, 0) is 19.1 Å². The third kappa shape index (κ3) is 5.52. The van der Waals surface area contributed by atoms with Crippen LogP contribution in [0.2, 0.25) is 0 Å². The average Bonchev–Trinajstić information content (AvgIpc) is 2.88. The number of carbonyl (C=O) groups excluding carboxylic acids is 2. The van der Waals surface area contributed by atoms with E-state index in [0.29, 0.717) is 19.3 Å². The lowest BCUT2D eigenvalue weighted by Gasteiger charge is -2.20. The van der Waals surface area contributed by atoms with Crippen molar-refractivity contribution in [1.82, 2.24) is 0 Å². The lowest BCUT2D eigenvalue weighted by Crippen LogP contribution is -2.26. The summed E-state index contributed by atoms with van der Waals surface area (Å²) in [4.78, 5) is 22.4. The minimum atomic E-state index is -0.407. The minimum absolute atomic E-state index is 0.115. The van der Waals surface area contributed by atoms with E-state index >= 15 is 0 Å². The largest absolute Gasteiger partial charge is 0.462 e. The van der Waals surface area contributed by atoms with Crippen LogP contribution in [0.4, 0.5) is 0 Å². The number of carbonyl (C=O) groups is 2. The van der Waals surface area contributed by atoms with E-state index in [9.17, 15) is 9.59 Å². The first kappa shape index (κ1) is 15.0. The van der Waals surface area contributed by atoms with Crippen LogP contribution in [0, 0.1) is 31.6 Å². The van der Waals surface area contributed by atoms with E-state index in [1.165, 1.54) is 0 Å². The second-order valence-electron chi connectivity index (χ2n) is 4.00. The molecule has 1 saturated carbocycles. The Labute approximate surface area is 109 Å². The van der Waals surface area contributed by atoms with Gasteiger partial charge in [0.1, 0.15) is 12.7 Å². The molecule has 0 aliphatic heterocycles. The summed E-state index contributed by atoms with van der Waals surface area (Å²) >= 11 is 0. The predicted octanol–water partition coefficient (Wildman–Crippen LogP) is 2.06. The molecule has 5 radical (unpaired) electrons. The molecule has 0 saturated heterocycles. The summed E-state index contributed by atoms with van der Waals surface area (Å²) in [6.07, 6.45) is 8.55. The molecule has 1 aliphatic carbocycles. The van der Waals surface area contributed by atoms with Gasteiger partial charge in [0.05, 0.1) is 0 Å². The van der Waals surface area contributed by atoms with Crippen LogP contribution in [0.3, 0.4) is 0 Å². The van der Waals surface area contributed by atoms with Gasteiger partial charge in [-0.2, -0.15) is 0 Å². The fourth-order valence-electron chi connectivity index (χ4n) is 1.50. The molecule has 1 aliphatic rings. The molecule has 0 aromatic heterocycles. The van der Waals surface area contributed by atoms with Gasteiger partial charge in [-0.25, -0.2) is 0 Å². The molecule has 4 nitrogen and oxygen atoms in total. The van der Waals surface area contributed by atoms with Gasteiger partial charge in [-0.1, -0.05) is 13.8 Å². The number of hydrogen-bond donors (Lipinski definition) is 0. The molecule has 0 amide bonds. The lowest BCUT2D eigenvalue weighted by molar-refractivity contribution is -0.158. The molecule has 0 spiro atoms. The highest BCUT2D eigenvalue weighted by Crippen LogP contribution is 2.28. The van der Waals surface area contributed by atoms with Gasteiger partial charge in [-0.05, 0) is 38.0 Å². The quantitative estimate of drug-likeness (QED) is 0.650. The fraction of sp³-hybridized carbons (Fsp3) is 0.500. The molecule has 0 heterocycles. The van der Waals surface area contributed by atoms with E-state index in [0.717, 1.165) is 5.92 Å². The summed E-state index contributed by atoms with van der Waals surface area (Å²) < 4.78 is 10.3. The Morgan fingerprint density at radius 1 is 1.11 bits per heavy atom. The van der Waals surface area contributed by atoms with Crippen LogP contribution in [0.15, 0.2) is 0 Å². The van der Waals surface area contributed by atoms with E-state index in [1.54, 1.807) is 13.8 Å². The van der Waals surface area contributed by atoms with Gasteiger partial charge in [0.25, 0.3) is 0 Å². The molecule has 0 bridgehead atoms. The van der Waals surface area contributed by atoms with Gasteiger partial charge in [-0.3, -0.25) is 9.59 Å². The standard InChI is InChI=1S/C14H19O4/c1-3-13(15)17-10-12(18-14(16)4-2)9-11-7-5-6-8-11/h5-8,12H,3-4,9-10H2,1-2H3/t12-/m0/s1. The first-order chi connectivity index (χ1) is 8.65. The highest BCUT2D eigenvalue weighted by molar-refractivity contribution is 5.70. The van der Waals surface area contributed by atoms with Crippen LogP contribution < -0.4 is 0 Å². The summed E-state index contributed by atoms with van der Waals surface area (Å²) in [5.74, 6) is 0.505. The van der Waals surface area contributed by atoms with Crippen LogP contribution in [-0.4, -0.2) is 24.6 Å². The van der Waals surface area contributed by atoms with E-state index in [1.807, 2.05) is 25.7 Å². The second kappa shape index (κ2) is 8.11. The van der Waals surface area contributed by atoms with Crippen molar-refractivity contribution in [2.75, 3.05) is 6.61 Å². The first-order valence-electron chi connectivity index (χ1n) is 6.21. The molecule has 1 rings (SSSR count). The normalized spacial score (nSPS) is 17.4. The van der Waals surface area contributed by atoms with Crippen molar-refractivity contribution in [2.45, 2.75) is 39.2 Å². The summed E-state index contributed by atoms with van der Waals surface area (Å²) in [5.41, 5.74) is 0. The highest BCUT2D eigenvalue weighted by atomic mass is 16.6. The Balaban J connectivity index is 2.39. The number of ether oxygens (including phenoxy) is 2. The van der Waals surface area contributed by atoms with Gasteiger partial charge in [0.15, 0.2) is 0 Å². The smallest absolute Gasteiger partial charge is 0.305 e. The Morgan fingerprint density at radius 3 is 2.28 bits per heavy atom. The maximum atomic E-state index is 11.3. The monoisotopic (exact) mass is 251 g/mol. The van der Waals surface area contributed by atoms with Crippen molar-refractivity contribution in [3.05, 3.63) is 31.6 Å². The molecule has 99 valence electrons. The lowest BCUT2D eigenvalue weighted by atomic mass is 10.0. The Hall–Kier alpha value is -1.06. The third-order valence-corrected chi connectivity index (χ3v) is 2.50. The Bertz CT molecular complexity index is 269.